The normalized spacial score (nSPS) is 19.8. The first-order valence-corrected chi connectivity index (χ1v) is 8.05. The molecule has 0 aliphatic carbocycles. The molecule has 2 N–H and O–H groups in total. The van der Waals surface area contributed by atoms with E-state index >= 15 is 0 Å². The Labute approximate surface area is 129 Å². The van der Waals surface area contributed by atoms with Crippen molar-refractivity contribution >= 4 is 17.0 Å². The van der Waals surface area contributed by atoms with E-state index in [0.717, 1.165) is 43.3 Å². The van der Waals surface area contributed by atoms with E-state index in [1.807, 2.05) is 30.4 Å². The van der Waals surface area contributed by atoms with E-state index in [4.69, 9.17) is 10.5 Å². The topological polar surface area (TPSA) is 51.4 Å². The number of rotatable bonds is 3. The molecule has 1 fully saturated rings. The molecule has 0 bridgehead atoms. The fraction of sp³-hybridized carbons (Fsp3) is 0.438. The molecular weight excluding hydrogens is 282 g/mol. The molecular formula is C16H21N3OS. The van der Waals surface area contributed by atoms with Gasteiger partial charge in [-0.1, -0.05) is 0 Å². The van der Waals surface area contributed by atoms with Crippen molar-refractivity contribution in [2.24, 2.45) is 0 Å². The van der Waals surface area contributed by atoms with E-state index < -0.39 is 0 Å². The van der Waals surface area contributed by atoms with Crippen molar-refractivity contribution in [1.29, 1.82) is 0 Å². The zero-order valence-corrected chi connectivity index (χ0v) is 13.3. The van der Waals surface area contributed by atoms with Crippen LogP contribution < -0.4 is 5.73 Å². The molecule has 112 valence electrons. The van der Waals surface area contributed by atoms with Crippen molar-refractivity contribution in [3.63, 3.8) is 0 Å². The van der Waals surface area contributed by atoms with Gasteiger partial charge in [0.05, 0.1) is 12.3 Å². The Morgan fingerprint density at radius 2 is 2.24 bits per heavy atom. The molecule has 1 aliphatic heterocycles. The number of nitrogens with zero attached hydrogens (tertiary/aromatic N) is 2. The highest BCUT2D eigenvalue weighted by atomic mass is 32.1. The van der Waals surface area contributed by atoms with Gasteiger partial charge in [-0.25, -0.2) is 0 Å². The Morgan fingerprint density at radius 1 is 1.38 bits per heavy atom. The fourth-order valence-electron chi connectivity index (χ4n) is 2.70. The molecule has 1 aliphatic rings. The molecule has 0 unspecified atom stereocenters. The number of nitrogen functional groups attached to an aromatic ring is 1. The summed E-state index contributed by atoms with van der Waals surface area (Å²) in [6.07, 6.45) is 0.0157. The zero-order valence-electron chi connectivity index (χ0n) is 12.5. The van der Waals surface area contributed by atoms with Gasteiger partial charge in [-0.05, 0) is 38.1 Å². The predicted molar refractivity (Wildman–Crippen MR) is 86.4 cm³/mol. The van der Waals surface area contributed by atoms with Crippen LogP contribution in [-0.2, 0) is 11.3 Å². The Morgan fingerprint density at radius 3 is 2.95 bits per heavy atom. The molecule has 21 heavy (non-hydrogen) atoms. The number of morpholine rings is 1. The van der Waals surface area contributed by atoms with Crippen LogP contribution in [0.3, 0.4) is 0 Å². The van der Waals surface area contributed by atoms with Crippen molar-refractivity contribution in [3.05, 3.63) is 45.4 Å². The lowest BCUT2D eigenvalue weighted by atomic mass is 10.1. The van der Waals surface area contributed by atoms with Gasteiger partial charge in [-0.2, -0.15) is 0 Å². The van der Waals surface area contributed by atoms with Crippen LogP contribution in [0.25, 0.3) is 0 Å². The maximum atomic E-state index is 5.92. The minimum atomic E-state index is 0.0157. The molecule has 4 nitrogen and oxygen atoms in total. The molecule has 3 rings (SSSR count). The van der Waals surface area contributed by atoms with Gasteiger partial charge in [-0.3, -0.25) is 9.88 Å². The van der Waals surface area contributed by atoms with Gasteiger partial charge in [0.1, 0.15) is 6.10 Å². The smallest absolute Gasteiger partial charge is 0.112 e. The summed E-state index contributed by atoms with van der Waals surface area (Å²) >= 11 is 1.87. The van der Waals surface area contributed by atoms with Crippen LogP contribution in [-0.4, -0.2) is 29.6 Å². The molecule has 0 radical (unpaired) electrons. The number of ether oxygens (including phenoxy) is 1. The molecule has 2 aromatic rings. The fourth-order valence-corrected chi connectivity index (χ4v) is 3.64. The van der Waals surface area contributed by atoms with E-state index in [0.29, 0.717) is 0 Å². The number of hydrogen-bond donors (Lipinski definition) is 1. The van der Waals surface area contributed by atoms with Gasteiger partial charge in [0.15, 0.2) is 0 Å². The summed E-state index contributed by atoms with van der Waals surface area (Å²) < 4.78 is 5.89. The molecule has 0 spiro atoms. The summed E-state index contributed by atoms with van der Waals surface area (Å²) in [5, 5.41) is 0. The average molecular weight is 303 g/mol. The maximum absolute atomic E-state index is 5.92. The number of thiophene rings is 1. The lowest BCUT2D eigenvalue weighted by molar-refractivity contribution is -0.0347. The van der Waals surface area contributed by atoms with E-state index in [-0.39, 0.29) is 6.10 Å². The second-order valence-electron chi connectivity index (χ2n) is 5.57. The highest BCUT2D eigenvalue weighted by Gasteiger charge is 2.23. The van der Waals surface area contributed by atoms with E-state index in [1.54, 1.807) is 0 Å². The average Bonchev–Trinajstić information content (AvgIpc) is 2.83. The van der Waals surface area contributed by atoms with Crippen LogP contribution in [0.4, 0.5) is 5.69 Å². The van der Waals surface area contributed by atoms with E-state index in [2.05, 4.69) is 28.9 Å². The molecule has 0 amide bonds. The number of pyridine rings is 1. The second kappa shape index (κ2) is 6.13. The van der Waals surface area contributed by atoms with E-state index in [1.165, 1.54) is 9.75 Å². The monoisotopic (exact) mass is 303 g/mol. The lowest BCUT2D eigenvalue weighted by Gasteiger charge is -2.32. The number of aromatic nitrogens is 1. The van der Waals surface area contributed by atoms with Crippen LogP contribution in [0.15, 0.2) is 24.3 Å². The van der Waals surface area contributed by atoms with Crippen LogP contribution in [0, 0.1) is 13.8 Å². The molecule has 3 heterocycles. The Balaban J connectivity index is 1.70. The summed E-state index contributed by atoms with van der Waals surface area (Å²) in [7, 11) is 0. The van der Waals surface area contributed by atoms with E-state index in [9.17, 15) is 0 Å². The third-order valence-corrected chi connectivity index (χ3v) is 4.64. The molecule has 0 aromatic carbocycles. The highest BCUT2D eigenvalue weighted by Crippen LogP contribution is 2.25. The quantitative estimate of drug-likeness (QED) is 0.947. The molecule has 1 atom stereocenters. The standard InChI is InChI=1S/C16H21N3OS/c1-11-7-13(17)8-15(18-11)16-10-19(5-6-20-16)9-14-4-3-12(2)21-14/h3-4,7-8,16H,5-6,9-10H2,1-2H3,(H2,17,18)/t16-/m0/s1. The number of aryl methyl sites for hydroxylation is 2. The minimum Gasteiger partial charge on any atom is -0.399 e. The van der Waals surface area contributed by atoms with Crippen molar-refractivity contribution in [2.75, 3.05) is 25.4 Å². The summed E-state index contributed by atoms with van der Waals surface area (Å²) in [4.78, 5) is 9.78. The summed E-state index contributed by atoms with van der Waals surface area (Å²) in [5.74, 6) is 0. The minimum absolute atomic E-state index is 0.0157. The highest BCUT2D eigenvalue weighted by molar-refractivity contribution is 7.11. The van der Waals surface area contributed by atoms with Gasteiger partial charge < -0.3 is 10.5 Å². The van der Waals surface area contributed by atoms with Crippen LogP contribution in [0.5, 0.6) is 0 Å². The molecule has 5 heteroatoms. The largest absolute Gasteiger partial charge is 0.399 e. The third kappa shape index (κ3) is 3.61. The van der Waals surface area contributed by atoms with Gasteiger partial charge >= 0.3 is 0 Å². The summed E-state index contributed by atoms with van der Waals surface area (Å²) in [6.45, 7) is 7.68. The van der Waals surface area contributed by atoms with Crippen LogP contribution >= 0.6 is 11.3 Å². The summed E-state index contributed by atoms with van der Waals surface area (Å²) in [6, 6.07) is 8.21. The van der Waals surface area contributed by atoms with Gasteiger partial charge in [0.25, 0.3) is 0 Å². The lowest BCUT2D eigenvalue weighted by Crippen LogP contribution is -2.38. The number of nitrogens with two attached hydrogens (primary N) is 1. The maximum Gasteiger partial charge on any atom is 0.112 e. The van der Waals surface area contributed by atoms with Gasteiger partial charge in [0, 0.05) is 40.8 Å². The van der Waals surface area contributed by atoms with Crippen LogP contribution in [0.1, 0.15) is 27.2 Å². The Hall–Kier alpha value is -1.43. The zero-order chi connectivity index (χ0) is 14.8. The van der Waals surface area contributed by atoms with Gasteiger partial charge in [-0.15, -0.1) is 11.3 Å². The molecule has 2 aromatic heterocycles. The molecule has 1 saturated heterocycles. The van der Waals surface area contributed by atoms with Gasteiger partial charge in [0.2, 0.25) is 0 Å². The van der Waals surface area contributed by atoms with Crippen molar-refractivity contribution in [2.45, 2.75) is 26.5 Å². The SMILES string of the molecule is Cc1cc(N)cc([C@@H]2CN(Cc3ccc(C)s3)CCO2)n1. The summed E-state index contributed by atoms with van der Waals surface area (Å²) in [5.41, 5.74) is 8.56. The number of anilines is 1. The Kier molecular flexibility index (Phi) is 4.24. The predicted octanol–water partition coefficient (Wildman–Crippen LogP) is 2.92. The van der Waals surface area contributed by atoms with Crippen molar-refractivity contribution in [1.82, 2.24) is 9.88 Å². The first kappa shape index (κ1) is 14.5. The van der Waals surface area contributed by atoms with Crippen molar-refractivity contribution < 1.29 is 4.74 Å². The Bertz CT molecular complexity index is 605. The van der Waals surface area contributed by atoms with Crippen molar-refractivity contribution in [3.8, 4) is 0 Å². The number of hydrogen-bond acceptors (Lipinski definition) is 5. The second-order valence-corrected chi connectivity index (χ2v) is 6.95. The first-order chi connectivity index (χ1) is 10.1. The van der Waals surface area contributed by atoms with Crippen LogP contribution in [0.2, 0.25) is 0 Å². The first-order valence-electron chi connectivity index (χ1n) is 7.23. The third-order valence-electron chi connectivity index (χ3n) is 3.65. The molecule has 0 saturated carbocycles.